The largest absolute Gasteiger partial charge is 0.353 e. The predicted octanol–water partition coefficient (Wildman–Crippen LogP) is 5.16. The van der Waals surface area contributed by atoms with Crippen LogP contribution in [0.15, 0.2) is 102 Å². The zero-order valence-corrected chi connectivity index (χ0v) is 17.0. The average molecular weight is 417 g/mol. The zero-order chi connectivity index (χ0) is 21.5. The summed E-state index contributed by atoms with van der Waals surface area (Å²) in [5.41, 5.74) is 6.28. The van der Waals surface area contributed by atoms with Crippen molar-refractivity contribution in [3.63, 3.8) is 0 Å². The van der Waals surface area contributed by atoms with Crippen molar-refractivity contribution in [2.24, 2.45) is 4.99 Å². The monoisotopic (exact) mass is 417 g/mol. The van der Waals surface area contributed by atoms with Crippen LogP contribution in [-0.4, -0.2) is 16.9 Å². The van der Waals surface area contributed by atoms with Crippen LogP contribution in [0.4, 0.5) is 16.2 Å². The van der Waals surface area contributed by atoms with Crippen molar-refractivity contribution in [2.45, 2.75) is 6.04 Å². The first-order valence-corrected chi connectivity index (χ1v) is 10.4. The van der Waals surface area contributed by atoms with Gasteiger partial charge in [-0.1, -0.05) is 60.7 Å². The second-order valence-corrected chi connectivity index (χ2v) is 7.71. The molecule has 3 N–H and O–H groups in total. The Hall–Kier alpha value is -4.45. The lowest BCUT2D eigenvalue weighted by Crippen LogP contribution is -2.50. The quantitative estimate of drug-likeness (QED) is 0.422. The van der Waals surface area contributed by atoms with Gasteiger partial charge in [0.25, 0.3) is 0 Å². The summed E-state index contributed by atoms with van der Waals surface area (Å²) in [6.45, 7) is 0. The van der Waals surface area contributed by atoms with Crippen molar-refractivity contribution in [2.75, 3.05) is 5.32 Å². The third-order valence-corrected chi connectivity index (χ3v) is 5.77. The highest BCUT2D eigenvalue weighted by Crippen LogP contribution is 2.40. The van der Waals surface area contributed by atoms with Gasteiger partial charge in [0, 0.05) is 17.2 Å². The number of aliphatic imine (C=N–C) groups is 1. The van der Waals surface area contributed by atoms with E-state index in [1.54, 1.807) is 6.20 Å². The van der Waals surface area contributed by atoms with E-state index in [-0.39, 0.29) is 6.03 Å². The van der Waals surface area contributed by atoms with Crippen LogP contribution < -0.4 is 16.0 Å². The Morgan fingerprint density at radius 1 is 0.781 bits per heavy atom. The Labute approximate surface area is 184 Å². The highest BCUT2D eigenvalue weighted by atomic mass is 16.2. The summed E-state index contributed by atoms with van der Waals surface area (Å²) in [6, 6.07) is 27.2. The molecule has 0 saturated carbocycles. The SMILES string of the molecule is O=C1NC2=Nc3ccccc3NC(c3ccccc3)=C2C(c2cccc3ncccc23)N1. The number of anilines is 1. The van der Waals surface area contributed by atoms with Gasteiger partial charge in [-0.05, 0) is 35.4 Å². The van der Waals surface area contributed by atoms with Crippen LogP contribution in [0.1, 0.15) is 17.2 Å². The molecule has 1 saturated heterocycles. The first-order chi connectivity index (χ1) is 15.8. The van der Waals surface area contributed by atoms with Gasteiger partial charge in [0.2, 0.25) is 0 Å². The van der Waals surface area contributed by atoms with Crippen molar-refractivity contribution in [3.05, 3.63) is 108 Å². The maximum Gasteiger partial charge on any atom is 0.321 e. The van der Waals surface area contributed by atoms with Gasteiger partial charge in [0.05, 0.1) is 28.6 Å². The lowest BCUT2D eigenvalue weighted by atomic mass is 9.90. The Morgan fingerprint density at radius 2 is 1.62 bits per heavy atom. The first-order valence-electron chi connectivity index (χ1n) is 10.4. The molecule has 1 atom stereocenters. The van der Waals surface area contributed by atoms with Crippen LogP contribution in [0.5, 0.6) is 0 Å². The summed E-state index contributed by atoms with van der Waals surface area (Å²) >= 11 is 0. The van der Waals surface area contributed by atoms with Crippen LogP contribution in [0, 0.1) is 0 Å². The molecule has 6 nitrogen and oxygen atoms in total. The Balaban J connectivity index is 1.65. The number of para-hydroxylation sites is 2. The van der Waals surface area contributed by atoms with Crippen LogP contribution in [0.25, 0.3) is 16.6 Å². The fraction of sp³-hybridized carbons (Fsp3) is 0.0385. The first kappa shape index (κ1) is 18.3. The normalized spacial score (nSPS) is 17.3. The Kier molecular flexibility index (Phi) is 4.21. The van der Waals surface area contributed by atoms with Gasteiger partial charge < -0.3 is 10.6 Å². The smallest absolute Gasteiger partial charge is 0.321 e. The molecule has 1 unspecified atom stereocenters. The van der Waals surface area contributed by atoms with Crippen molar-refractivity contribution < 1.29 is 4.79 Å². The fourth-order valence-electron chi connectivity index (χ4n) is 4.35. The number of hydrogen-bond donors (Lipinski definition) is 3. The number of rotatable bonds is 2. The third-order valence-electron chi connectivity index (χ3n) is 5.77. The van der Waals surface area contributed by atoms with E-state index in [1.807, 2.05) is 72.8 Å². The van der Waals surface area contributed by atoms with Crippen LogP contribution in [0.3, 0.4) is 0 Å². The third kappa shape index (κ3) is 3.01. The topological polar surface area (TPSA) is 78.4 Å². The average Bonchev–Trinajstić information content (AvgIpc) is 3.00. The molecule has 1 fully saturated rings. The van der Waals surface area contributed by atoms with E-state index < -0.39 is 6.04 Å². The van der Waals surface area contributed by atoms with Crippen molar-refractivity contribution in [3.8, 4) is 0 Å². The highest BCUT2D eigenvalue weighted by molar-refractivity contribution is 6.18. The molecule has 3 heterocycles. The van der Waals surface area contributed by atoms with E-state index in [1.165, 1.54) is 0 Å². The van der Waals surface area contributed by atoms with Gasteiger partial charge in [-0.15, -0.1) is 0 Å². The van der Waals surface area contributed by atoms with Crippen LogP contribution >= 0.6 is 0 Å². The van der Waals surface area contributed by atoms with E-state index in [2.05, 4.69) is 33.1 Å². The van der Waals surface area contributed by atoms with Gasteiger partial charge in [0.1, 0.15) is 5.84 Å². The summed E-state index contributed by atoms with van der Waals surface area (Å²) in [7, 11) is 0. The number of amides is 2. The maximum absolute atomic E-state index is 12.7. The molecule has 32 heavy (non-hydrogen) atoms. The maximum atomic E-state index is 12.7. The number of carbonyl (C=O) groups is 1. The second-order valence-electron chi connectivity index (χ2n) is 7.71. The number of nitrogens with one attached hydrogen (secondary N) is 3. The number of fused-ring (bicyclic) bond motifs is 3. The van der Waals surface area contributed by atoms with E-state index in [4.69, 9.17) is 4.99 Å². The van der Waals surface area contributed by atoms with E-state index >= 15 is 0 Å². The van der Waals surface area contributed by atoms with E-state index in [0.717, 1.165) is 44.7 Å². The van der Waals surface area contributed by atoms with Gasteiger partial charge in [-0.2, -0.15) is 0 Å². The molecular formula is C26H19N5O. The number of benzene rings is 3. The molecule has 0 bridgehead atoms. The number of pyridine rings is 1. The highest BCUT2D eigenvalue weighted by Gasteiger charge is 2.35. The summed E-state index contributed by atoms with van der Waals surface area (Å²) in [6.07, 6.45) is 1.78. The van der Waals surface area contributed by atoms with Gasteiger partial charge >= 0.3 is 6.03 Å². The molecule has 0 spiro atoms. The lowest BCUT2D eigenvalue weighted by Gasteiger charge is -2.31. The summed E-state index contributed by atoms with van der Waals surface area (Å²) in [5.74, 6) is 0.538. The van der Waals surface area contributed by atoms with E-state index in [9.17, 15) is 4.79 Å². The van der Waals surface area contributed by atoms with Crippen LogP contribution in [-0.2, 0) is 0 Å². The number of amidine groups is 1. The molecule has 6 heteroatoms. The molecule has 154 valence electrons. The summed E-state index contributed by atoms with van der Waals surface area (Å²) in [4.78, 5) is 22.1. The minimum Gasteiger partial charge on any atom is -0.353 e. The van der Waals surface area contributed by atoms with E-state index in [0.29, 0.717) is 5.84 Å². The number of carbonyl (C=O) groups excluding carboxylic acids is 1. The predicted molar refractivity (Wildman–Crippen MR) is 127 cm³/mol. The molecule has 0 aliphatic carbocycles. The molecular weight excluding hydrogens is 398 g/mol. The van der Waals surface area contributed by atoms with Gasteiger partial charge in [-0.25, -0.2) is 9.79 Å². The minimum atomic E-state index is -0.410. The molecule has 4 aromatic rings. The molecule has 0 radical (unpaired) electrons. The van der Waals surface area contributed by atoms with Gasteiger partial charge in [0.15, 0.2) is 0 Å². The number of nitrogens with zero attached hydrogens (tertiary/aromatic N) is 2. The van der Waals surface area contributed by atoms with Crippen molar-refractivity contribution >= 4 is 39.8 Å². The van der Waals surface area contributed by atoms with Crippen LogP contribution in [0.2, 0.25) is 0 Å². The standard InChI is InChI=1S/C26H19N5O/c32-26-30-24(18-10-6-14-19-17(18)11-7-15-27-19)22-23(16-8-2-1-3-9-16)28-20-12-4-5-13-21(20)29-25(22)31-26/h1-15,24,28H,(H2,29,30,31,32). The molecule has 2 amide bonds. The Morgan fingerprint density at radius 3 is 2.53 bits per heavy atom. The molecule has 3 aromatic carbocycles. The lowest BCUT2D eigenvalue weighted by molar-refractivity contribution is 0.241. The fourth-order valence-corrected chi connectivity index (χ4v) is 4.35. The number of urea groups is 1. The zero-order valence-electron chi connectivity index (χ0n) is 17.0. The Bertz CT molecular complexity index is 1420. The summed E-state index contributed by atoms with van der Waals surface area (Å²) in [5, 5.41) is 10.6. The molecule has 1 aromatic heterocycles. The molecule has 2 aliphatic heterocycles. The summed E-state index contributed by atoms with van der Waals surface area (Å²) < 4.78 is 0. The van der Waals surface area contributed by atoms with Crippen molar-refractivity contribution in [1.29, 1.82) is 0 Å². The van der Waals surface area contributed by atoms with Gasteiger partial charge in [-0.3, -0.25) is 10.3 Å². The second kappa shape index (κ2) is 7.35. The van der Waals surface area contributed by atoms with Crippen molar-refractivity contribution in [1.82, 2.24) is 15.6 Å². The number of hydrogen-bond acceptors (Lipinski definition) is 4. The molecule has 6 rings (SSSR count). The minimum absolute atomic E-state index is 0.287. The number of aromatic nitrogens is 1. The molecule has 2 aliphatic rings.